The minimum absolute atomic E-state index is 0.0936. The topological polar surface area (TPSA) is 92.6 Å². The van der Waals surface area contributed by atoms with Crippen LogP contribution in [0.1, 0.15) is 77.3 Å². The van der Waals surface area contributed by atoms with Gasteiger partial charge in [-0.25, -0.2) is 8.42 Å². The van der Waals surface area contributed by atoms with Gasteiger partial charge < -0.3 is 14.8 Å². The molecule has 0 atom stereocenters. The number of nitrogens with one attached hydrogen (secondary N) is 1. The van der Waals surface area contributed by atoms with Crippen LogP contribution in [0.4, 0.5) is 11.4 Å². The van der Waals surface area contributed by atoms with E-state index in [1.54, 1.807) is 7.05 Å². The minimum atomic E-state index is -4.24. The molecule has 0 aromatic heterocycles. The van der Waals surface area contributed by atoms with Gasteiger partial charge in [-0.2, -0.15) is 4.58 Å². The van der Waals surface area contributed by atoms with Gasteiger partial charge in [-0.05, 0) is 78.4 Å². The summed E-state index contributed by atoms with van der Waals surface area (Å²) in [6.07, 6.45) is 19.1. The van der Waals surface area contributed by atoms with E-state index in [9.17, 15) is 17.8 Å². The number of benzene rings is 4. The Morgan fingerprint density at radius 1 is 0.759 bits per heavy atom. The van der Waals surface area contributed by atoms with Crippen molar-refractivity contribution in [2.24, 2.45) is 0 Å². The lowest BCUT2D eigenvalue weighted by atomic mass is 9.79. The summed E-state index contributed by atoms with van der Waals surface area (Å²) in [6.45, 7) is 10.6. The van der Waals surface area contributed by atoms with Gasteiger partial charge in [0.25, 0.3) is 0 Å². The number of fused-ring (bicyclic) bond motifs is 6. The van der Waals surface area contributed by atoms with Crippen molar-refractivity contribution in [3.05, 3.63) is 132 Å². The summed E-state index contributed by atoms with van der Waals surface area (Å²) in [5, 5.41) is 7.66. The van der Waals surface area contributed by atoms with Crippen LogP contribution in [-0.2, 0) is 25.7 Å². The van der Waals surface area contributed by atoms with Gasteiger partial charge in [-0.1, -0.05) is 105 Å². The van der Waals surface area contributed by atoms with Gasteiger partial charge in [0, 0.05) is 66.7 Å². The molecule has 2 aliphatic rings. The first-order chi connectivity index (χ1) is 25.8. The minimum Gasteiger partial charge on any atom is -0.748 e. The van der Waals surface area contributed by atoms with Gasteiger partial charge in [0.15, 0.2) is 5.71 Å². The molecular formula is C46H53N3O4S. The summed E-state index contributed by atoms with van der Waals surface area (Å²) in [4.78, 5) is 14.2. The Hall–Kier alpha value is -4.79. The number of hydrogen-bond donors (Lipinski definition) is 1. The molecule has 0 bridgehead atoms. The molecular weight excluding hydrogens is 691 g/mol. The first-order valence-corrected chi connectivity index (χ1v) is 20.8. The van der Waals surface area contributed by atoms with Gasteiger partial charge in [-0.15, -0.1) is 0 Å². The summed E-state index contributed by atoms with van der Waals surface area (Å²) in [5.74, 6) is -0.252. The molecule has 0 aliphatic carbocycles. The van der Waals surface area contributed by atoms with Crippen LogP contribution in [0.2, 0.25) is 0 Å². The van der Waals surface area contributed by atoms with E-state index >= 15 is 0 Å². The zero-order chi connectivity index (χ0) is 38.5. The van der Waals surface area contributed by atoms with Crippen LogP contribution in [0, 0.1) is 0 Å². The van der Waals surface area contributed by atoms with E-state index < -0.39 is 10.1 Å². The fraction of sp³-hybridized carbons (Fsp3) is 0.348. The normalized spacial score (nSPS) is 17.2. The Bertz CT molecular complexity index is 2310. The van der Waals surface area contributed by atoms with Crippen molar-refractivity contribution >= 4 is 54.7 Å². The van der Waals surface area contributed by atoms with E-state index in [2.05, 4.69) is 152 Å². The van der Waals surface area contributed by atoms with E-state index in [-0.39, 0.29) is 22.5 Å². The Morgan fingerprint density at radius 2 is 1.41 bits per heavy atom. The van der Waals surface area contributed by atoms with E-state index in [0.29, 0.717) is 25.8 Å². The summed E-state index contributed by atoms with van der Waals surface area (Å²) in [5.41, 5.74) is 6.91. The van der Waals surface area contributed by atoms with E-state index in [1.807, 2.05) is 6.08 Å². The summed E-state index contributed by atoms with van der Waals surface area (Å²) in [7, 11) is -2.55. The van der Waals surface area contributed by atoms with Crippen molar-refractivity contribution in [3.8, 4) is 0 Å². The van der Waals surface area contributed by atoms with Gasteiger partial charge in [0.2, 0.25) is 11.6 Å². The van der Waals surface area contributed by atoms with Crippen molar-refractivity contribution in [3.63, 3.8) is 0 Å². The van der Waals surface area contributed by atoms with Crippen LogP contribution in [-0.4, -0.2) is 55.1 Å². The number of amides is 1. The standard InChI is InChI=1S/C46H53N3O4S/c1-45(2)40(48(31-17-9-12-26-42(50)47-5)38-29-27-34-20-13-15-22-36(34)43(38)45)24-10-7-6-8-11-25-41-46(3,4)44-37-23-16-14-21-35(37)28-30-39(44)49(41)32-18-19-33-54(51,52)53/h6-8,10-11,13-16,20-25,27-30H,9,12,17-19,26,31-33H2,1-5H3,(H-,47,50,51,52,53). The van der Waals surface area contributed by atoms with Crippen LogP contribution in [0.25, 0.3) is 21.5 Å². The van der Waals surface area contributed by atoms with Crippen molar-refractivity contribution in [2.45, 2.75) is 77.0 Å². The molecule has 2 heterocycles. The van der Waals surface area contributed by atoms with Gasteiger partial charge in [0.1, 0.15) is 6.54 Å². The SMILES string of the molecule is CNC(=O)CCCCCN1/C(=C/C=C/C=C/C=C/C2=[N+](CCCCS(=O)(=O)[O-])c3ccc4ccccc4c3C2(C)C)C(C)(C)c2c1ccc1ccccc21. The van der Waals surface area contributed by atoms with Crippen LogP contribution < -0.4 is 10.2 Å². The predicted octanol–water partition coefficient (Wildman–Crippen LogP) is 9.35. The van der Waals surface area contributed by atoms with Crippen LogP contribution >= 0.6 is 0 Å². The number of hydrogen-bond acceptors (Lipinski definition) is 5. The summed E-state index contributed by atoms with van der Waals surface area (Å²) < 4.78 is 36.2. The number of allylic oxidation sites excluding steroid dienone is 8. The highest BCUT2D eigenvalue weighted by molar-refractivity contribution is 7.85. The van der Waals surface area contributed by atoms with Crippen LogP contribution in [0.3, 0.4) is 0 Å². The van der Waals surface area contributed by atoms with E-state index in [1.165, 1.54) is 44.1 Å². The smallest absolute Gasteiger partial charge is 0.219 e. The molecule has 6 rings (SSSR count). The van der Waals surface area contributed by atoms with Crippen LogP contribution in [0.5, 0.6) is 0 Å². The second-order valence-corrected chi connectivity index (χ2v) is 17.0. The molecule has 0 unspecified atom stereocenters. The highest BCUT2D eigenvalue weighted by Crippen LogP contribution is 2.51. The molecule has 0 fully saturated rings. The van der Waals surface area contributed by atoms with Crippen molar-refractivity contribution in [1.82, 2.24) is 5.32 Å². The van der Waals surface area contributed by atoms with Crippen molar-refractivity contribution in [2.75, 3.05) is 30.8 Å². The molecule has 4 aromatic carbocycles. The molecule has 282 valence electrons. The Morgan fingerprint density at radius 3 is 2.11 bits per heavy atom. The number of carbonyl (C=O) groups excluding carboxylic acids is 1. The number of unbranched alkanes of at least 4 members (excludes halogenated alkanes) is 3. The van der Waals surface area contributed by atoms with Gasteiger partial charge in [0.05, 0.1) is 15.5 Å². The highest BCUT2D eigenvalue weighted by atomic mass is 32.2. The quantitative estimate of drug-likeness (QED) is 0.0567. The maximum Gasteiger partial charge on any atom is 0.219 e. The Labute approximate surface area is 321 Å². The summed E-state index contributed by atoms with van der Waals surface area (Å²) >= 11 is 0. The maximum absolute atomic E-state index is 11.8. The molecule has 54 heavy (non-hydrogen) atoms. The summed E-state index contributed by atoms with van der Waals surface area (Å²) in [6, 6.07) is 25.9. The number of nitrogens with zero attached hydrogens (tertiary/aromatic N) is 2. The molecule has 0 saturated heterocycles. The molecule has 4 aromatic rings. The Balaban J connectivity index is 1.23. The predicted molar refractivity (Wildman–Crippen MR) is 223 cm³/mol. The highest BCUT2D eigenvalue weighted by Gasteiger charge is 2.45. The second kappa shape index (κ2) is 16.3. The molecule has 0 radical (unpaired) electrons. The fourth-order valence-corrected chi connectivity index (χ4v) is 9.00. The first kappa shape index (κ1) is 38.9. The lowest BCUT2D eigenvalue weighted by Crippen LogP contribution is -2.28. The molecule has 0 saturated carbocycles. The molecule has 8 heteroatoms. The lowest BCUT2D eigenvalue weighted by Gasteiger charge is -2.27. The van der Waals surface area contributed by atoms with E-state index in [4.69, 9.17) is 0 Å². The largest absolute Gasteiger partial charge is 0.748 e. The third-order valence-corrected chi connectivity index (χ3v) is 11.8. The third-order valence-electron chi connectivity index (χ3n) is 11.1. The lowest BCUT2D eigenvalue weighted by molar-refractivity contribution is -0.438. The van der Waals surface area contributed by atoms with E-state index in [0.717, 1.165) is 37.2 Å². The molecule has 1 N–H and O–H groups in total. The Kier molecular flexibility index (Phi) is 11.7. The molecule has 7 nitrogen and oxygen atoms in total. The zero-order valence-corrected chi connectivity index (χ0v) is 33.1. The average Bonchev–Trinajstić information content (AvgIpc) is 3.50. The number of anilines is 1. The molecule has 2 aliphatic heterocycles. The molecule has 1 amide bonds. The molecule has 0 spiro atoms. The average molecular weight is 744 g/mol. The monoisotopic (exact) mass is 743 g/mol. The van der Waals surface area contributed by atoms with Crippen LogP contribution in [0.15, 0.2) is 121 Å². The number of carbonyl (C=O) groups is 1. The number of rotatable bonds is 15. The maximum atomic E-state index is 11.8. The third kappa shape index (κ3) is 8.15. The second-order valence-electron chi connectivity index (χ2n) is 15.4. The van der Waals surface area contributed by atoms with Gasteiger partial charge >= 0.3 is 0 Å². The fourth-order valence-electron chi connectivity index (χ4n) is 8.44. The zero-order valence-electron chi connectivity index (χ0n) is 32.3. The van der Waals surface area contributed by atoms with Crippen molar-refractivity contribution in [1.29, 1.82) is 0 Å². The van der Waals surface area contributed by atoms with Gasteiger partial charge in [-0.3, -0.25) is 4.79 Å². The van der Waals surface area contributed by atoms with Crippen molar-refractivity contribution < 1.29 is 22.3 Å². The first-order valence-electron chi connectivity index (χ1n) is 19.2.